The molecule has 1 aliphatic heterocycles. The molecule has 0 bridgehead atoms. The van der Waals surface area contributed by atoms with Crippen LogP contribution in [0.2, 0.25) is 0 Å². The third-order valence-corrected chi connectivity index (χ3v) is 5.27. The number of hydrogen-bond acceptors (Lipinski definition) is 8. The first-order valence-corrected chi connectivity index (χ1v) is 10.8. The van der Waals surface area contributed by atoms with Gasteiger partial charge >= 0.3 is 0 Å². The molecule has 9 nitrogen and oxygen atoms in total. The van der Waals surface area contributed by atoms with Gasteiger partial charge in [0.25, 0.3) is 0 Å². The zero-order valence-electron chi connectivity index (χ0n) is 18.3. The van der Waals surface area contributed by atoms with E-state index < -0.39 is 0 Å². The van der Waals surface area contributed by atoms with Crippen LogP contribution in [0.15, 0.2) is 18.3 Å². The number of halogens is 1. The third kappa shape index (κ3) is 4.81. The van der Waals surface area contributed by atoms with Gasteiger partial charge in [-0.2, -0.15) is 10.2 Å². The molecular formula is C21H28ClN9. The number of nitrogens with one attached hydrogen (secondary N) is 2. The average molecular weight is 442 g/mol. The standard InChI is InChI=1S/C20H25N9.CH3Cl/c1-12-11-29(7-5-23-12)18-8-17-15(4-6-28(17)3)26-16(18)10-24-19-14(9-21)13(2)25-20(22)27-19;1-2/h4,6,8,12,23H,5,7,10-11H2,1-3H3,(H3,22,24,25,27);1H3. The van der Waals surface area contributed by atoms with Crippen molar-refractivity contribution in [3.8, 4) is 6.07 Å². The van der Waals surface area contributed by atoms with Gasteiger partial charge in [0, 0.05) is 45.3 Å². The lowest BCUT2D eigenvalue weighted by molar-refractivity contribution is 0.484. The van der Waals surface area contributed by atoms with Gasteiger partial charge in [0.1, 0.15) is 17.5 Å². The fourth-order valence-electron chi connectivity index (χ4n) is 3.79. The molecule has 1 atom stereocenters. The molecule has 4 N–H and O–H groups in total. The Hall–Kier alpha value is -3.09. The van der Waals surface area contributed by atoms with E-state index in [-0.39, 0.29) is 5.95 Å². The lowest BCUT2D eigenvalue weighted by atomic mass is 10.1. The van der Waals surface area contributed by atoms with Gasteiger partial charge in [0.05, 0.1) is 34.7 Å². The largest absolute Gasteiger partial charge is 0.368 e. The minimum absolute atomic E-state index is 0.145. The first-order chi connectivity index (χ1) is 15.0. The summed E-state index contributed by atoms with van der Waals surface area (Å²) in [7, 11) is 2.03. The van der Waals surface area contributed by atoms with Crippen molar-refractivity contribution in [3.63, 3.8) is 0 Å². The van der Waals surface area contributed by atoms with Crippen LogP contribution in [0, 0.1) is 18.3 Å². The highest BCUT2D eigenvalue weighted by atomic mass is 35.5. The summed E-state index contributed by atoms with van der Waals surface area (Å²) in [5.74, 6) is 0.582. The van der Waals surface area contributed by atoms with Gasteiger partial charge < -0.3 is 25.8 Å². The molecule has 1 unspecified atom stereocenters. The average Bonchev–Trinajstić information content (AvgIpc) is 3.12. The van der Waals surface area contributed by atoms with Gasteiger partial charge in [-0.05, 0) is 26.0 Å². The molecule has 1 aliphatic rings. The number of fused-ring (bicyclic) bond motifs is 1. The number of aromatic nitrogens is 4. The van der Waals surface area contributed by atoms with E-state index in [1.807, 2.05) is 19.3 Å². The monoisotopic (exact) mass is 441 g/mol. The summed E-state index contributed by atoms with van der Waals surface area (Å²) in [5, 5.41) is 16.2. The number of nitrogen functional groups attached to an aromatic ring is 1. The van der Waals surface area contributed by atoms with Gasteiger partial charge in [0.2, 0.25) is 5.95 Å². The summed E-state index contributed by atoms with van der Waals surface area (Å²) >= 11 is 4.64. The van der Waals surface area contributed by atoms with Crippen LogP contribution in [-0.4, -0.2) is 51.6 Å². The Morgan fingerprint density at radius 3 is 2.84 bits per heavy atom. The van der Waals surface area contributed by atoms with Crippen molar-refractivity contribution in [1.82, 2.24) is 24.8 Å². The van der Waals surface area contributed by atoms with Crippen molar-refractivity contribution in [2.45, 2.75) is 26.4 Å². The Balaban J connectivity index is 0.00000132. The second kappa shape index (κ2) is 9.81. The van der Waals surface area contributed by atoms with E-state index in [1.54, 1.807) is 6.92 Å². The van der Waals surface area contributed by atoms with E-state index in [4.69, 9.17) is 10.7 Å². The molecule has 0 aliphatic carbocycles. The second-order valence-corrected chi connectivity index (χ2v) is 7.44. The number of pyridine rings is 1. The van der Waals surface area contributed by atoms with Gasteiger partial charge in [0.15, 0.2) is 0 Å². The Bertz CT molecular complexity index is 1100. The molecule has 4 rings (SSSR count). The maximum atomic E-state index is 9.47. The molecule has 1 fully saturated rings. The van der Waals surface area contributed by atoms with E-state index >= 15 is 0 Å². The molecule has 10 heteroatoms. The Morgan fingerprint density at radius 2 is 2.13 bits per heavy atom. The van der Waals surface area contributed by atoms with Crippen LogP contribution in [0.4, 0.5) is 17.5 Å². The fraction of sp³-hybridized carbons (Fsp3) is 0.429. The number of piperazine rings is 1. The molecular weight excluding hydrogens is 414 g/mol. The van der Waals surface area contributed by atoms with Gasteiger partial charge in [-0.1, -0.05) is 0 Å². The SMILES string of the molecule is CCl.Cc1nc(N)nc(NCc2nc3ccn(C)c3cc2N2CCNC(C)C2)c1C#N. The molecule has 0 saturated carbocycles. The number of aryl methyl sites for hydroxylation is 2. The Labute approximate surface area is 187 Å². The highest BCUT2D eigenvalue weighted by molar-refractivity contribution is 6.15. The smallest absolute Gasteiger partial charge is 0.222 e. The molecule has 0 amide bonds. The Kier molecular flexibility index (Phi) is 7.15. The number of anilines is 3. The number of nitriles is 1. The summed E-state index contributed by atoms with van der Waals surface area (Å²) in [6.07, 6.45) is 3.49. The summed E-state index contributed by atoms with van der Waals surface area (Å²) in [5.41, 5.74) is 10.8. The minimum Gasteiger partial charge on any atom is -0.368 e. The zero-order chi connectivity index (χ0) is 22.5. The third-order valence-electron chi connectivity index (χ3n) is 5.27. The second-order valence-electron chi connectivity index (χ2n) is 7.44. The van der Waals surface area contributed by atoms with E-state index in [1.165, 1.54) is 6.38 Å². The highest BCUT2D eigenvalue weighted by Gasteiger charge is 2.21. The van der Waals surface area contributed by atoms with Crippen molar-refractivity contribution in [2.24, 2.45) is 7.05 Å². The topological polar surface area (TPSA) is 121 Å². The van der Waals surface area contributed by atoms with Crippen LogP contribution < -0.4 is 21.3 Å². The van der Waals surface area contributed by atoms with E-state index in [9.17, 15) is 5.26 Å². The normalized spacial score (nSPS) is 15.9. The van der Waals surface area contributed by atoms with Crippen LogP contribution in [0.25, 0.3) is 11.0 Å². The number of nitrogens with two attached hydrogens (primary N) is 1. The van der Waals surface area contributed by atoms with Crippen LogP contribution in [-0.2, 0) is 13.6 Å². The molecule has 31 heavy (non-hydrogen) atoms. The summed E-state index contributed by atoms with van der Waals surface area (Å²) in [6.45, 7) is 7.13. The van der Waals surface area contributed by atoms with Crippen molar-refractivity contribution < 1.29 is 0 Å². The molecule has 3 aromatic heterocycles. The van der Waals surface area contributed by atoms with Crippen molar-refractivity contribution in [1.29, 1.82) is 5.26 Å². The maximum absolute atomic E-state index is 9.47. The van der Waals surface area contributed by atoms with Gasteiger partial charge in [-0.3, -0.25) is 0 Å². The van der Waals surface area contributed by atoms with Crippen molar-refractivity contribution in [3.05, 3.63) is 35.3 Å². The molecule has 1 saturated heterocycles. The summed E-state index contributed by atoms with van der Waals surface area (Å²) in [4.78, 5) is 15.6. The van der Waals surface area contributed by atoms with Crippen LogP contribution in [0.5, 0.6) is 0 Å². The summed E-state index contributed by atoms with van der Waals surface area (Å²) in [6, 6.07) is 6.77. The quantitative estimate of drug-likeness (QED) is 0.528. The van der Waals surface area contributed by atoms with Crippen LogP contribution >= 0.6 is 11.6 Å². The summed E-state index contributed by atoms with van der Waals surface area (Å²) < 4.78 is 2.08. The molecule has 4 heterocycles. The first-order valence-electron chi connectivity index (χ1n) is 10.1. The molecule has 0 radical (unpaired) electrons. The van der Waals surface area contributed by atoms with Gasteiger partial charge in [-0.25, -0.2) is 9.97 Å². The number of rotatable bonds is 4. The lowest BCUT2D eigenvalue weighted by Gasteiger charge is -2.34. The first kappa shape index (κ1) is 22.6. The number of alkyl halides is 1. The molecule has 0 spiro atoms. The lowest BCUT2D eigenvalue weighted by Crippen LogP contribution is -2.49. The highest BCUT2D eigenvalue weighted by Crippen LogP contribution is 2.27. The van der Waals surface area contributed by atoms with Crippen LogP contribution in [0.1, 0.15) is 23.9 Å². The van der Waals surface area contributed by atoms with Gasteiger partial charge in [-0.15, -0.1) is 11.6 Å². The molecule has 0 aromatic carbocycles. The van der Waals surface area contributed by atoms with E-state index in [0.29, 0.717) is 29.7 Å². The van der Waals surface area contributed by atoms with Crippen molar-refractivity contribution in [2.75, 3.05) is 42.0 Å². The minimum atomic E-state index is 0.145. The Morgan fingerprint density at radius 1 is 1.35 bits per heavy atom. The van der Waals surface area contributed by atoms with E-state index in [2.05, 4.69) is 60.7 Å². The van der Waals surface area contributed by atoms with E-state index in [0.717, 1.165) is 42.0 Å². The maximum Gasteiger partial charge on any atom is 0.222 e. The molecule has 3 aromatic rings. The number of nitrogens with zero attached hydrogens (tertiary/aromatic N) is 6. The van der Waals surface area contributed by atoms with Crippen LogP contribution in [0.3, 0.4) is 0 Å². The van der Waals surface area contributed by atoms with Crippen molar-refractivity contribution >= 4 is 40.1 Å². The predicted molar refractivity (Wildman–Crippen MR) is 125 cm³/mol. The predicted octanol–water partition coefficient (Wildman–Crippen LogP) is 2.39. The fourth-order valence-corrected chi connectivity index (χ4v) is 3.79. The molecule has 164 valence electrons. The zero-order valence-corrected chi connectivity index (χ0v) is 19.0. The number of hydrogen-bond donors (Lipinski definition) is 3.